The van der Waals surface area contributed by atoms with Gasteiger partial charge in [0.1, 0.15) is 0 Å². The summed E-state index contributed by atoms with van der Waals surface area (Å²) in [6, 6.07) is 0. The third kappa shape index (κ3) is 1.55. The van der Waals surface area contributed by atoms with Crippen LogP contribution in [-0.2, 0) is 9.59 Å². The highest BCUT2D eigenvalue weighted by atomic mass is 16.4. The highest BCUT2D eigenvalue weighted by Gasteiger charge is 2.42. The molecule has 1 aliphatic rings. The Kier molecular flexibility index (Phi) is 2.32. The van der Waals surface area contributed by atoms with Crippen LogP contribution in [0.4, 0.5) is 0 Å². The van der Waals surface area contributed by atoms with Crippen LogP contribution in [-0.4, -0.2) is 33.4 Å². The number of aliphatic carboxylic acids is 2. The van der Waals surface area contributed by atoms with Crippen molar-refractivity contribution in [1.29, 1.82) is 0 Å². The van der Waals surface area contributed by atoms with Crippen molar-refractivity contribution in [3.05, 3.63) is 0 Å². The molecule has 5 heteroatoms. The van der Waals surface area contributed by atoms with Gasteiger partial charge in [0, 0.05) is 0 Å². The lowest BCUT2D eigenvalue weighted by molar-refractivity contribution is -0.152. The molecule has 1 saturated carbocycles. The zero-order chi connectivity index (χ0) is 9.30. The van der Waals surface area contributed by atoms with Crippen LogP contribution in [0, 0.1) is 11.8 Å². The first-order chi connectivity index (χ1) is 5.52. The predicted octanol–water partition coefficient (Wildman–Crippen LogP) is -0.457. The molecular weight excluding hydrogens is 164 g/mol. The molecule has 0 amide bonds. The molecule has 0 heterocycles. The lowest BCUT2D eigenvalue weighted by Gasteiger charge is -2.08. The second-order valence-electron chi connectivity index (χ2n) is 3.01. The van der Waals surface area contributed by atoms with Gasteiger partial charge in [0.2, 0.25) is 0 Å². The van der Waals surface area contributed by atoms with Gasteiger partial charge in [0.15, 0.2) is 0 Å². The topological polar surface area (TPSA) is 94.8 Å². The van der Waals surface area contributed by atoms with Gasteiger partial charge in [-0.05, 0) is 12.8 Å². The van der Waals surface area contributed by atoms with E-state index in [1.807, 2.05) is 0 Å². The van der Waals surface area contributed by atoms with E-state index in [9.17, 15) is 9.59 Å². The van der Waals surface area contributed by atoms with Crippen molar-refractivity contribution in [3.63, 3.8) is 0 Å². The number of carbonyl (C=O) groups is 2. The maximum Gasteiger partial charge on any atom is 0.307 e. The fourth-order valence-electron chi connectivity index (χ4n) is 1.56. The lowest BCUT2D eigenvalue weighted by atomic mass is 9.97. The van der Waals surface area contributed by atoms with E-state index in [1.54, 1.807) is 0 Å². The molecule has 0 bridgehead atoms. The smallest absolute Gasteiger partial charge is 0.307 e. The lowest BCUT2D eigenvalue weighted by Crippen LogP contribution is -2.24. The molecule has 12 heavy (non-hydrogen) atoms. The van der Waals surface area contributed by atoms with Crippen molar-refractivity contribution in [2.45, 2.75) is 18.9 Å². The zero-order valence-corrected chi connectivity index (χ0v) is 6.30. The molecule has 0 radical (unpaired) electrons. The number of aliphatic hydroxyl groups excluding tert-OH is 1. The maximum absolute atomic E-state index is 10.5. The quantitative estimate of drug-likeness (QED) is 0.526. The van der Waals surface area contributed by atoms with Crippen LogP contribution in [0.5, 0.6) is 0 Å². The van der Waals surface area contributed by atoms with E-state index >= 15 is 0 Å². The molecule has 3 N–H and O–H groups in total. The molecule has 0 saturated heterocycles. The Morgan fingerprint density at radius 2 is 1.33 bits per heavy atom. The van der Waals surface area contributed by atoms with Crippen molar-refractivity contribution >= 4 is 11.9 Å². The molecule has 5 nitrogen and oxygen atoms in total. The van der Waals surface area contributed by atoms with Gasteiger partial charge in [-0.1, -0.05) is 0 Å². The largest absolute Gasteiger partial charge is 0.481 e. The normalized spacial score (nSPS) is 34.9. The molecule has 0 aromatic carbocycles. The number of hydrogen-bond acceptors (Lipinski definition) is 3. The molecule has 1 fully saturated rings. The molecule has 0 aromatic heterocycles. The second kappa shape index (κ2) is 3.10. The summed E-state index contributed by atoms with van der Waals surface area (Å²) >= 11 is 0. The Morgan fingerprint density at radius 1 is 1.00 bits per heavy atom. The van der Waals surface area contributed by atoms with Gasteiger partial charge in [-0.15, -0.1) is 0 Å². The summed E-state index contributed by atoms with van der Waals surface area (Å²) in [5.74, 6) is -4.15. The number of hydrogen-bond donors (Lipinski definition) is 3. The van der Waals surface area contributed by atoms with Crippen molar-refractivity contribution in [1.82, 2.24) is 0 Å². The fourth-order valence-corrected chi connectivity index (χ4v) is 1.56. The van der Waals surface area contributed by atoms with Gasteiger partial charge in [-0.3, -0.25) is 9.59 Å². The molecule has 68 valence electrons. The summed E-state index contributed by atoms with van der Waals surface area (Å²) in [7, 11) is 0. The van der Waals surface area contributed by atoms with Crippen LogP contribution in [0.1, 0.15) is 12.8 Å². The Morgan fingerprint density at radius 3 is 1.58 bits per heavy atom. The van der Waals surface area contributed by atoms with Crippen LogP contribution in [0.2, 0.25) is 0 Å². The number of aliphatic hydroxyl groups is 1. The van der Waals surface area contributed by atoms with Crippen molar-refractivity contribution in [3.8, 4) is 0 Å². The van der Waals surface area contributed by atoms with Crippen LogP contribution >= 0.6 is 0 Å². The first-order valence-electron chi connectivity index (χ1n) is 3.66. The third-order valence-electron chi connectivity index (χ3n) is 2.17. The van der Waals surface area contributed by atoms with E-state index in [4.69, 9.17) is 15.3 Å². The summed E-state index contributed by atoms with van der Waals surface area (Å²) in [5.41, 5.74) is 0. The van der Waals surface area contributed by atoms with Gasteiger partial charge in [0.05, 0.1) is 17.9 Å². The Labute approximate surface area is 68.6 Å². The molecule has 1 aliphatic carbocycles. The van der Waals surface area contributed by atoms with E-state index in [1.165, 1.54) is 0 Å². The van der Waals surface area contributed by atoms with Crippen LogP contribution in [0.25, 0.3) is 0 Å². The van der Waals surface area contributed by atoms with E-state index in [0.29, 0.717) is 0 Å². The SMILES string of the molecule is O=C(O)C1CC(O)C[C@@H]1C(=O)O. The molecule has 0 aliphatic heterocycles. The molecular formula is C7H10O5. The van der Waals surface area contributed by atoms with E-state index in [0.717, 1.165) is 0 Å². The molecule has 0 spiro atoms. The average Bonchev–Trinajstić information content (AvgIpc) is 2.31. The molecule has 3 atom stereocenters. The van der Waals surface area contributed by atoms with Gasteiger partial charge in [0.25, 0.3) is 0 Å². The van der Waals surface area contributed by atoms with Crippen LogP contribution in [0.15, 0.2) is 0 Å². The molecule has 1 rings (SSSR count). The summed E-state index contributed by atoms with van der Waals surface area (Å²) in [4.78, 5) is 21.0. The minimum absolute atomic E-state index is 0.0479. The number of carboxylic acid groups (broad SMARTS) is 2. The third-order valence-corrected chi connectivity index (χ3v) is 2.17. The number of rotatable bonds is 2. The Balaban J connectivity index is 2.72. The van der Waals surface area contributed by atoms with Gasteiger partial charge in [-0.25, -0.2) is 0 Å². The maximum atomic E-state index is 10.5. The minimum atomic E-state index is -1.14. The number of carboxylic acids is 2. The second-order valence-corrected chi connectivity index (χ2v) is 3.01. The first-order valence-corrected chi connectivity index (χ1v) is 3.66. The average molecular weight is 174 g/mol. The van der Waals surface area contributed by atoms with Crippen LogP contribution < -0.4 is 0 Å². The highest BCUT2D eigenvalue weighted by molar-refractivity contribution is 5.80. The van der Waals surface area contributed by atoms with E-state index in [2.05, 4.69) is 0 Å². The molecule has 0 aromatic rings. The first kappa shape index (κ1) is 8.99. The summed E-state index contributed by atoms with van der Waals surface area (Å²) in [6.45, 7) is 0. The van der Waals surface area contributed by atoms with Gasteiger partial charge in [-0.2, -0.15) is 0 Å². The van der Waals surface area contributed by atoms with Crippen molar-refractivity contribution < 1.29 is 24.9 Å². The summed E-state index contributed by atoms with van der Waals surface area (Å²) in [6.07, 6.45) is -0.689. The Hall–Kier alpha value is -1.10. The fraction of sp³-hybridized carbons (Fsp3) is 0.714. The van der Waals surface area contributed by atoms with E-state index in [-0.39, 0.29) is 12.8 Å². The van der Waals surface area contributed by atoms with E-state index < -0.39 is 29.9 Å². The minimum Gasteiger partial charge on any atom is -0.481 e. The highest BCUT2D eigenvalue weighted by Crippen LogP contribution is 2.32. The van der Waals surface area contributed by atoms with Gasteiger partial charge < -0.3 is 15.3 Å². The van der Waals surface area contributed by atoms with Gasteiger partial charge >= 0.3 is 11.9 Å². The van der Waals surface area contributed by atoms with Crippen molar-refractivity contribution in [2.75, 3.05) is 0 Å². The summed E-state index contributed by atoms with van der Waals surface area (Å²) < 4.78 is 0. The standard InChI is InChI=1S/C7H10O5/c8-3-1-4(6(9)10)5(2-3)7(11)12/h3-5,8H,1-2H2,(H,9,10)(H,11,12)/t3?,4-,5?/m0/s1. The molecule has 2 unspecified atom stereocenters. The predicted molar refractivity (Wildman–Crippen MR) is 37.5 cm³/mol. The monoisotopic (exact) mass is 174 g/mol. The summed E-state index contributed by atoms with van der Waals surface area (Å²) in [5, 5.41) is 26.2. The Bertz CT molecular complexity index is 190. The van der Waals surface area contributed by atoms with Crippen molar-refractivity contribution in [2.24, 2.45) is 11.8 Å². The van der Waals surface area contributed by atoms with Crippen LogP contribution in [0.3, 0.4) is 0 Å². The zero-order valence-electron chi connectivity index (χ0n) is 6.30.